The molecule has 0 saturated heterocycles. The number of carbonyl (C=O) groups is 1. The molecule has 1 atom stereocenters. The molecule has 4 heteroatoms. The minimum absolute atomic E-state index is 0.00677. The summed E-state index contributed by atoms with van der Waals surface area (Å²) < 4.78 is 0.925. The maximum Gasteiger partial charge on any atom is 0.325 e. The zero-order chi connectivity index (χ0) is 18.6. The van der Waals surface area contributed by atoms with Crippen molar-refractivity contribution in [2.45, 2.75) is 26.4 Å². The molecule has 3 aromatic carbocycles. The van der Waals surface area contributed by atoms with Crippen molar-refractivity contribution in [1.82, 2.24) is 4.90 Å². The number of amides is 1. The highest BCUT2D eigenvalue weighted by Crippen LogP contribution is 2.35. The predicted octanol–water partition coefficient (Wildman–Crippen LogP) is 4.14. The highest BCUT2D eigenvalue weighted by molar-refractivity contribution is 6.48. The topological polar surface area (TPSA) is 46.4 Å². The lowest BCUT2D eigenvalue weighted by molar-refractivity contribution is -0.570. The summed E-state index contributed by atoms with van der Waals surface area (Å²) in [6.45, 7) is 5.78. The van der Waals surface area contributed by atoms with E-state index in [2.05, 4.69) is 6.07 Å². The molecule has 0 fully saturated rings. The Labute approximate surface area is 152 Å². The van der Waals surface area contributed by atoms with Crippen LogP contribution in [-0.2, 0) is 4.79 Å². The molecular weight excluding hydrogens is 324 g/mol. The second kappa shape index (κ2) is 5.56. The smallest absolute Gasteiger partial charge is 0.325 e. The van der Waals surface area contributed by atoms with E-state index in [-0.39, 0.29) is 17.5 Å². The molecule has 1 aliphatic rings. The third-order valence-corrected chi connectivity index (χ3v) is 5.90. The van der Waals surface area contributed by atoms with Crippen LogP contribution in [0.2, 0.25) is 0 Å². The van der Waals surface area contributed by atoms with Gasteiger partial charge < -0.3 is 5.21 Å². The van der Waals surface area contributed by atoms with Gasteiger partial charge in [0.25, 0.3) is 11.4 Å². The van der Waals surface area contributed by atoms with Crippen LogP contribution >= 0.6 is 0 Å². The van der Waals surface area contributed by atoms with E-state index in [0.29, 0.717) is 0 Å². The molecule has 26 heavy (non-hydrogen) atoms. The molecule has 4 rings (SSSR count). The lowest BCUT2D eigenvalue weighted by Gasteiger charge is -2.32. The Morgan fingerprint density at radius 2 is 1.50 bits per heavy atom. The number of nitrogens with zero attached hydrogens (tertiary/aromatic N) is 2. The van der Waals surface area contributed by atoms with Gasteiger partial charge in [-0.3, -0.25) is 9.69 Å². The molecule has 0 radical (unpaired) electrons. The molecule has 0 saturated carbocycles. The fourth-order valence-electron chi connectivity index (χ4n) is 3.91. The zero-order valence-electron chi connectivity index (χ0n) is 15.5. The largest absolute Gasteiger partial charge is 0.621 e. The number of rotatable bonds is 2. The molecule has 0 spiro atoms. The van der Waals surface area contributed by atoms with Crippen molar-refractivity contribution >= 4 is 33.2 Å². The molecule has 1 unspecified atom stereocenters. The molecule has 0 bridgehead atoms. The summed E-state index contributed by atoms with van der Waals surface area (Å²) in [6.07, 6.45) is 0. The van der Waals surface area contributed by atoms with Crippen molar-refractivity contribution in [2.75, 3.05) is 7.05 Å². The van der Waals surface area contributed by atoms with Gasteiger partial charge in [-0.2, -0.15) is 4.74 Å². The van der Waals surface area contributed by atoms with Crippen LogP contribution in [0.5, 0.6) is 0 Å². The Kier molecular flexibility index (Phi) is 3.55. The molecule has 1 aliphatic heterocycles. The Morgan fingerprint density at radius 3 is 1.96 bits per heavy atom. The van der Waals surface area contributed by atoms with Gasteiger partial charge in [-0.15, -0.1) is 0 Å². The molecule has 0 N–H and O–H groups in total. The predicted molar refractivity (Wildman–Crippen MR) is 105 cm³/mol. The second-order valence-corrected chi connectivity index (χ2v) is 7.45. The summed E-state index contributed by atoms with van der Waals surface area (Å²) in [7, 11) is 1.72. The summed E-state index contributed by atoms with van der Waals surface area (Å²) in [4.78, 5) is 14.8. The van der Waals surface area contributed by atoms with Crippen molar-refractivity contribution in [3.63, 3.8) is 0 Å². The molecule has 1 heterocycles. The molecule has 3 aromatic rings. The van der Waals surface area contributed by atoms with Crippen LogP contribution in [0.15, 0.2) is 54.6 Å². The summed E-state index contributed by atoms with van der Waals surface area (Å²) >= 11 is 0. The van der Waals surface area contributed by atoms with Gasteiger partial charge in [0.1, 0.15) is 0 Å². The minimum atomic E-state index is -0.898. The van der Waals surface area contributed by atoms with E-state index in [0.717, 1.165) is 31.8 Å². The number of fused-ring (bicyclic) bond motifs is 2. The fourth-order valence-corrected chi connectivity index (χ4v) is 3.91. The standard InChI is InChI=1S/C22H22N2O2/c1-14(2)22(3)23(4)21(25)20(24(22)26)19-17-11-7-5-9-15(17)13-16-10-6-8-12-18(16)19/h5-14H,1-4H3. The van der Waals surface area contributed by atoms with Gasteiger partial charge in [0, 0.05) is 19.9 Å². The van der Waals surface area contributed by atoms with Crippen molar-refractivity contribution in [3.8, 4) is 0 Å². The number of hydrogen-bond donors (Lipinski definition) is 0. The average Bonchev–Trinajstić information content (AvgIpc) is 2.81. The Hall–Kier alpha value is -2.88. The van der Waals surface area contributed by atoms with Crippen molar-refractivity contribution < 1.29 is 9.53 Å². The van der Waals surface area contributed by atoms with Crippen LogP contribution in [0.3, 0.4) is 0 Å². The van der Waals surface area contributed by atoms with Crippen LogP contribution in [0.25, 0.3) is 21.5 Å². The number of benzene rings is 3. The second-order valence-electron chi connectivity index (χ2n) is 7.45. The minimum Gasteiger partial charge on any atom is -0.621 e. The fraction of sp³-hybridized carbons (Fsp3) is 0.273. The molecule has 0 aromatic heterocycles. The zero-order valence-corrected chi connectivity index (χ0v) is 15.5. The van der Waals surface area contributed by atoms with E-state index in [4.69, 9.17) is 0 Å². The first-order chi connectivity index (χ1) is 12.4. The van der Waals surface area contributed by atoms with Gasteiger partial charge in [-0.05, 0) is 27.6 Å². The molecule has 0 aliphatic carbocycles. The lowest BCUT2D eigenvalue weighted by Crippen LogP contribution is -2.51. The number of carbonyl (C=O) groups excluding carboxylic acids is 1. The Balaban J connectivity index is 2.17. The van der Waals surface area contributed by atoms with E-state index in [1.165, 1.54) is 0 Å². The first kappa shape index (κ1) is 16.6. The van der Waals surface area contributed by atoms with Gasteiger partial charge in [-0.1, -0.05) is 62.4 Å². The number of likely N-dealkylation sites (N-methyl/N-ethyl adjacent to an activating group) is 1. The molecule has 4 nitrogen and oxygen atoms in total. The van der Waals surface area contributed by atoms with Crippen LogP contribution < -0.4 is 0 Å². The van der Waals surface area contributed by atoms with Crippen molar-refractivity contribution in [1.29, 1.82) is 0 Å². The number of hydroxylamine groups is 1. The van der Waals surface area contributed by atoms with E-state index in [1.54, 1.807) is 11.9 Å². The maximum absolute atomic E-state index is 13.4. The van der Waals surface area contributed by atoms with Gasteiger partial charge in [0.05, 0.1) is 5.56 Å². The molecule has 1 amide bonds. The number of hydrogen-bond acceptors (Lipinski definition) is 2. The van der Waals surface area contributed by atoms with Crippen LogP contribution in [0.1, 0.15) is 26.3 Å². The third kappa shape index (κ3) is 2.02. The van der Waals surface area contributed by atoms with E-state index >= 15 is 0 Å². The lowest BCUT2D eigenvalue weighted by atomic mass is 9.93. The average molecular weight is 346 g/mol. The summed E-state index contributed by atoms with van der Waals surface area (Å²) in [6, 6.07) is 17.9. The first-order valence-electron chi connectivity index (χ1n) is 8.90. The van der Waals surface area contributed by atoms with Crippen molar-refractivity contribution in [2.24, 2.45) is 5.92 Å². The normalized spacial score (nSPS) is 20.8. The van der Waals surface area contributed by atoms with Crippen LogP contribution in [0, 0.1) is 11.1 Å². The molecular formula is C22H22N2O2. The van der Waals surface area contributed by atoms with E-state index < -0.39 is 5.66 Å². The van der Waals surface area contributed by atoms with Gasteiger partial charge in [0.2, 0.25) is 0 Å². The Morgan fingerprint density at radius 1 is 1.00 bits per heavy atom. The van der Waals surface area contributed by atoms with Crippen LogP contribution in [-0.4, -0.2) is 34.0 Å². The van der Waals surface area contributed by atoms with Gasteiger partial charge >= 0.3 is 5.91 Å². The first-order valence-corrected chi connectivity index (χ1v) is 8.90. The van der Waals surface area contributed by atoms with Gasteiger partial charge in [-0.25, -0.2) is 0 Å². The third-order valence-electron chi connectivity index (χ3n) is 5.90. The van der Waals surface area contributed by atoms with Crippen LogP contribution in [0.4, 0.5) is 0 Å². The maximum atomic E-state index is 13.4. The summed E-state index contributed by atoms with van der Waals surface area (Å²) in [5.41, 5.74) is 0.0661. The SMILES string of the molecule is CC(C)C1(C)N(C)C(=O)C(c2c3ccccc3cc3ccccc23)=[N+]1[O-]. The summed E-state index contributed by atoms with van der Waals surface area (Å²) in [5, 5.41) is 17.3. The van der Waals surface area contributed by atoms with Crippen molar-refractivity contribution in [3.05, 3.63) is 65.4 Å². The van der Waals surface area contributed by atoms with E-state index in [1.807, 2.05) is 69.3 Å². The van der Waals surface area contributed by atoms with E-state index in [9.17, 15) is 10.0 Å². The highest BCUT2D eigenvalue weighted by atomic mass is 16.5. The summed E-state index contributed by atoms with van der Waals surface area (Å²) in [5.74, 6) is -0.231. The molecule has 132 valence electrons. The highest BCUT2D eigenvalue weighted by Gasteiger charge is 2.54. The van der Waals surface area contributed by atoms with Gasteiger partial charge in [0.15, 0.2) is 0 Å². The Bertz CT molecular complexity index is 1030. The quantitative estimate of drug-likeness (QED) is 0.398. The monoisotopic (exact) mass is 346 g/mol.